The van der Waals surface area contributed by atoms with Gasteiger partial charge in [0, 0.05) is 49.6 Å². The van der Waals surface area contributed by atoms with Crippen LogP contribution in [-0.4, -0.2) is 30.8 Å². The van der Waals surface area contributed by atoms with Gasteiger partial charge in [0.15, 0.2) is 0 Å². The van der Waals surface area contributed by atoms with Crippen molar-refractivity contribution in [1.29, 1.82) is 0 Å². The first-order valence-corrected chi connectivity index (χ1v) is 9.82. The number of amides is 3. The van der Waals surface area contributed by atoms with Gasteiger partial charge in [-0.1, -0.05) is 12.1 Å². The van der Waals surface area contributed by atoms with E-state index in [9.17, 15) is 14.4 Å². The fourth-order valence-electron chi connectivity index (χ4n) is 3.85. The summed E-state index contributed by atoms with van der Waals surface area (Å²) in [7, 11) is 0. The second-order valence-electron chi connectivity index (χ2n) is 7.33. The Labute approximate surface area is 169 Å². The van der Waals surface area contributed by atoms with Crippen LogP contribution in [0.2, 0.25) is 0 Å². The third-order valence-corrected chi connectivity index (χ3v) is 5.33. The van der Waals surface area contributed by atoms with E-state index in [1.165, 1.54) is 6.08 Å². The first-order valence-electron chi connectivity index (χ1n) is 9.82. The number of hydrogen-bond donors (Lipinski definition) is 1. The Hall–Kier alpha value is -3.41. The molecule has 0 bridgehead atoms. The highest BCUT2D eigenvalue weighted by atomic mass is 16.2. The number of fused-ring (bicyclic) bond motifs is 1. The number of carbonyl (C=O) groups excluding carboxylic acids is 3. The quantitative estimate of drug-likeness (QED) is 0.815. The number of rotatable bonds is 4. The van der Waals surface area contributed by atoms with Gasteiger partial charge in [-0.2, -0.15) is 0 Å². The van der Waals surface area contributed by atoms with Crippen LogP contribution in [0.1, 0.15) is 30.9 Å². The van der Waals surface area contributed by atoms with E-state index >= 15 is 0 Å². The molecule has 0 radical (unpaired) electrons. The fourth-order valence-corrected chi connectivity index (χ4v) is 3.85. The second kappa shape index (κ2) is 7.91. The largest absolute Gasteiger partial charge is 0.323 e. The van der Waals surface area contributed by atoms with Gasteiger partial charge < -0.3 is 15.1 Å². The Balaban J connectivity index is 1.38. The molecule has 3 amide bonds. The van der Waals surface area contributed by atoms with E-state index in [0.29, 0.717) is 18.7 Å². The smallest absolute Gasteiger partial charge is 0.248 e. The van der Waals surface area contributed by atoms with Crippen LogP contribution in [-0.2, 0) is 20.8 Å². The standard InChI is InChI=1S/C23H23N3O3/c1-16(27)25-14-12-18-15-19(7-10-21(18)25)24-22(28)11-6-17-4-8-20(9-5-17)26-13-2-3-23(26)29/h4-11,15H,2-3,12-14H2,1H3,(H,24,28)/b11-6+. The van der Waals surface area contributed by atoms with Crippen LogP contribution >= 0.6 is 0 Å². The van der Waals surface area contributed by atoms with Gasteiger partial charge in [0.1, 0.15) is 0 Å². The van der Waals surface area contributed by atoms with Gasteiger partial charge in [-0.25, -0.2) is 0 Å². The molecule has 1 N–H and O–H groups in total. The van der Waals surface area contributed by atoms with Crippen LogP contribution in [0, 0.1) is 0 Å². The van der Waals surface area contributed by atoms with Crippen molar-refractivity contribution in [3.63, 3.8) is 0 Å². The average molecular weight is 389 g/mol. The lowest BCUT2D eigenvalue weighted by atomic mass is 10.1. The van der Waals surface area contributed by atoms with Crippen molar-refractivity contribution < 1.29 is 14.4 Å². The summed E-state index contributed by atoms with van der Waals surface area (Å²) >= 11 is 0. The molecule has 6 nitrogen and oxygen atoms in total. The van der Waals surface area contributed by atoms with Crippen molar-refractivity contribution in [2.24, 2.45) is 0 Å². The molecule has 0 aromatic heterocycles. The highest BCUT2D eigenvalue weighted by Gasteiger charge is 2.22. The summed E-state index contributed by atoms with van der Waals surface area (Å²) in [6.45, 7) is 3.01. The Kier molecular flexibility index (Phi) is 5.16. The summed E-state index contributed by atoms with van der Waals surface area (Å²) in [5.41, 5.74) is 4.48. The maximum atomic E-state index is 12.3. The van der Waals surface area contributed by atoms with Crippen molar-refractivity contribution in [1.82, 2.24) is 0 Å². The normalized spacial score (nSPS) is 15.8. The van der Waals surface area contributed by atoms with E-state index in [1.54, 1.807) is 22.8 Å². The predicted octanol–water partition coefficient (Wildman–Crippen LogP) is 3.37. The van der Waals surface area contributed by atoms with Crippen molar-refractivity contribution >= 4 is 40.9 Å². The minimum Gasteiger partial charge on any atom is -0.323 e. The van der Waals surface area contributed by atoms with Gasteiger partial charge in [0.25, 0.3) is 0 Å². The van der Waals surface area contributed by atoms with Crippen LogP contribution in [0.3, 0.4) is 0 Å². The monoisotopic (exact) mass is 389 g/mol. The van der Waals surface area contributed by atoms with Gasteiger partial charge in [-0.3, -0.25) is 14.4 Å². The molecule has 0 unspecified atom stereocenters. The predicted molar refractivity (Wildman–Crippen MR) is 114 cm³/mol. The highest BCUT2D eigenvalue weighted by molar-refractivity contribution is 6.02. The molecule has 0 aliphatic carbocycles. The molecule has 2 aliphatic rings. The zero-order valence-electron chi connectivity index (χ0n) is 16.4. The number of carbonyl (C=O) groups is 3. The molecule has 2 aromatic rings. The lowest BCUT2D eigenvalue weighted by Gasteiger charge is -2.15. The van der Waals surface area contributed by atoms with E-state index in [4.69, 9.17) is 0 Å². The average Bonchev–Trinajstić information content (AvgIpc) is 3.32. The van der Waals surface area contributed by atoms with E-state index in [0.717, 1.165) is 41.9 Å². The number of hydrogen-bond acceptors (Lipinski definition) is 3. The molecule has 29 heavy (non-hydrogen) atoms. The van der Waals surface area contributed by atoms with E-state index in [-0.39, 0.29) is 17.7 Å². The number of benzene rings is 2. The molecule has 4 rings (SSSR count). The number of nitrogens with zero attached hydrogens (tertiary/aromatic N) is 2. The van der Waals surface area contributed by atoms with Crippen molar-refractivity contribution in [2.75, 3.05) is 28.2 Å². The van der Waals surface area contributed by atoms with Crippen molar-refractivity contribution in [3.8, 4) is 0 Å². The molecule has 6 heteroatoms. The molecule has 148 valence electrons. The summed E-state index contributed by atoms with van der Waals surface area (Å²) in [4.78, 5) is 39.2. The third kappa shape index (κ3) is 4.06. The third-order valence-electron chi connectivity index (χ3n) is 5.33. The lowest BCUT2D eigenvalue weighted by molar-refractivity contribution is -0.117. The minimum absolute atomic E-state index is 0.0311. The Morgan fingerprint density at radius 2 is 1.83 bits per heavy atom. The first-order chi connectivity index (χ1) is 14.0. The zero-order chi connectivity index (χ0) is 20.4. The lowest BCUT2D eigenvalue weighted by Crippen LogP contribution is -2.25. The van der Waals surface area contributed by atoms with E-state index < -0.39 is 0 Å². The first kappa shape index (κ1) is 18.9. The number of anilines is 3. The minimum atomic E-state index is -0.217. The molecule has 2 aliphatic heterocycles. The van der Waals surface area contributed by atoms with Crippen LogP contribution in [0.15, 0.2) is 48.5 Å². The molecule has 0 spiro atoms. The number of nitrogens with one attached hydrogen (secondary N) is 1. The van der Waals surface area contributed by atoms with Gasteiger partial charge in [0.2, 0.25) is 17.7 Å². The summed E-state index contributed by atoms with van der Waals surface area (Å²) in [5, 5.41) is 2.87. The summed E-state index contributed by atoms with van der Waals surface area (Å²) < 4.78 is 0. The highest BCUT2D eigenvalue weighted by Crippen LogP contribution is 2.30. The second-order valence-corrected chi connectivity index (χ2v) is 7.33. The molecular weight excluding hydrogens is 366 g/mol. The molecule has 1 fully saturated rings. The summed E-state index contributed by atoms with van der Waals surface area (Å²) in [6, 6.07) is 13.2. The van der Waals surface area contributed by atoms with Gasteiger partial charge in [-0.05, 0) is 60.4 Å². The van der Waals surface area contributed by atoms with Crippen LogP contribution in [0.5, 0.6) is 0 Å². The molecule has 2 aromatic carbocycles. The van der Waals surface area contributed by atoms with Crippen LogP contribution in [0.4, 0.5) is 17.1 Å². The van der Waals surface area contributed by atoms with Gasteiger partial charge >= 0.3 is 0 Å². The zero-order valence-corrected chi connectivity index (χ0v) is 16.4. The Bertz CT molecular complexity index is 995. The summed E-state index contributed by atoms with van der Waals surface area (Å²) in [6.07, 6.45) is 5.54. The van der Waals surface area contributed by atoms with Gasteiger partial charge in [0.05, 0.1) is 0 Å². The molecule has 0 atom stereocenters. The molecule has 0 saturated carbocycles. The van der Waals surface area contributed by atoms with Crippen LogP contribution in [0.25, 0.3) is 6.08 Å². The topological polar surface area (TPSA) is 69.7 Å². The Morgan fingerprint density at radius 3 is 2.52 bits per heavy atom. The SMILES string of the molecule is CC(=O)N1CCc2cc(NC(=O)/C=C/c3ccc(N4CCCC4=O)cc3)ccc21. The van der Waals surface area contributed by atoms with E-state index in [1.807, 2.05) is 42.5 Å². The molecule has 1 saturated heterocycles. The molecular formula is C23H23N3O3. The maximum absolute atomic E-state index is 12.3. The molecule has 2 heterocycles. The maximum Gasteiger partial charge on any atom is 0.248 e. The van der Waals surface area contributed by atoms with Crippen molar-refractivity contribution in [2.45, 2.75) is 26.2 Å². The van der Waals surface area contributed by atoms with Gasteiger partial charge in [-0.15, -0.1) is 0 Å². The Morgan fingerprint density at radius 1 is 1.03 bits per heavy atom. The summed E-state index contributed by atoms with van der Waals surface area (Å²) in [5.74, 6) is -0.0257. The fraction of sp³-hybridized carbons (Fsp3) is 0.261. The van der Waals surface area contributed by atoms with E-state index in [2.05, 4.69) is 5.32 Å². The van der Waals surface area contributed by atoms with Crippen molar-refractivity contribution in [3.05, 3.63) is 59.7 Å². The van der Waals surface area contributed by atoms with Crippen LogP contribution < -0.4 is 15.1 Å².